The highest BCUT2D eigenvalue weighted by atomic mass is 35.5. The molecule has 1 aliphatic rings. The number of hydrogen-bond donors (Lipinski definition) is 0. The van der Waals surface area contributed by atoms with Gasteiger partial charge in [-0.1, -0.05) is 35.9 Å². The summed E-state index contributed by atoms with van der Waals surface area (Å²) in [6.07, 6.45) is 0.362. The van der Waals surface area contributed by atoms with Crippen molar-refractivity contribution in [3.8, 4) is 0 Å². The number of carbonyl (C=O) groups excluding carboxylic acids is 1. The van der Waals surface area contributed by atoms with E-state index >= 15 is 0 Å². The normalized spacial score (nSPS) is 16.3. The molecule has 1 atom stereocenters. The Balaban J connectivity index is 1.56. The minimum absolute atomic E-state index is 0.0718. The van der Waals surface area contributed by atoms with Crippen LogP contribution in [0.3, 0.4) is 0 Å². The van der Waals surface area contributed by atoms with Crippen molar-refractivity contribution < 1.29 is 9.18 Å². The third-order valence-corrected chi connectivity index (χ3v) is 6.42. The van der Waals surface area contributed by atoms with E-state index in [4.69, 9.17) is 16.6 Å². The van der Waals surface area contributed by atoms with E-state index in [1.54, 1.807) is 12.1 Å². The fourth-order valence-electron chi connectivity index (χ4n) is 4.65. The molecule has 0 N–H and O–H groups in total. The summed E-state index contributed by atoms with van der Waals surface area (Å²) in [5.74, 6) is 0.412. The molecule has 0 spiro atoms. The molecule has 1 fully saturated rings. The van der Waals surface area contributed by atoms with Crippen molar-refractivity contribution in [2.24, 2.45) is 0 Å². The first-order valence-corrected chi connectivity index (χ1v) is 11.0. The predicted molar refractivity (Wildman–Crippen MR) is 126 cm³/mol. The maximum atomic E-state index is 14.6. The molecule has 162 valence electrons. The number of benzene rings is 3. The van der Waals surface area contributed by atoms with E-state index in [-0.39, 0.29) is 24.2 Å². The molecule has 3 aromatic carbocycles. The standard InChI is InChI=1S/C26H23ClFN3O/c1-16-10-17(2)12-19(11-16)30-14-18(13-25(30)32)26-29-23-8-3-4-9-24(23)31(26)15-20-21(27)6-5-7-22(20)28/h3-12,18H,13-15H2,1-2H3/t18-/m1/s1. The number of imidazole rings is 1. The number of hydrogen-bond acceptors (Lipinski definition) is 2. The van der Waals surface area contributed by atoms with Gasteiger partial charge in [0.05, 0.1) is 17.6 Å². The minimum Gasteiger partial charge on any atom is -0.323 e. The molecule has 1 amide bonds. The molecule has 1 aliphatic heterocycles. The number of para-hydroxylation sites is 2. The second kappa shape index (κ2) is 8.06. The SMILES string of the molecule is Cc1cc(C)cc(N2C[C@H](c3nc4ccccc4n3Cc3c(F)cccc3Cl)CC2=O)c1. The summed E-state index contributed by atoms with van der Waals surface area (Å²) in [4.78, 5) is 19.7. The van der Waals surface area contributed by atoms with Crippen LogP contribution in [0.5, 0.6) is 0 Å². The van der Waals surface area contributed by atoms with Crippen LogP contribution in [0, 0.1) is 19.7 Å². The van der Waals surface area contributed by atoms with Crippen molar-refractivity contribution in [3.05, 3.63) is 94.0 Å². The van der Waals surface area contributed by atoms with Gasteiger partial charge in [-0.2, -0.15) is 0 Å². The smallest absolute Gasteiger partial charge is 0.227 e. The van der Waals surface area contributed by atoms with E-state index in [0.717, 1.165) is 33.7 Å². The zero-order valence-electron chi connectivity index (χ0n) is 18.0. The Morgan fingerprint density at radius 2 is 1.81 bits per heavy atom. The largest absolute Gasteiger partial charge is 0.323 e. The molecule has 1 saturated heterocycles. The lowest BCUT2D eigenvalue weighted by molar-refractivity contribution is -0.117. The number of rotatable bonds is 4. The molecule has 0 saturated carbocycles. The fourth-order valence-corrected chi connectivity index (χ4v) is 4.87. The van der Waals surface area contributed by atoms with E-state index in [1.165, 1.54) is 6.07 Å². The molecular formula is C26H23ClFN3O. The van der Waals surface area contributed by atoms with Crippen LogP contribution >= 0.6 is 11.6 Å². The van der Waals surface area contributed by atoms with Gasteiger partial charge >= 0.3 is 0 Å². The van der Waals surface area contributed by atoms with Gasteiger partial charge in [0.2, 0.25) is 5.91 Å². The molecule has 6 heteroatoms. The third kappa shape index (κ3) is 3.67. The topological polar surface area (TPSA) is 38.1 Å². The lowest BCUT2D eigenvalue weighted by Crippen LogP contribution is -2.24. The van der Waals surface area contributed by atoms with Crippen molar-refractivity contribution in [2.75, 3.05) is 11.4 Å². The average molecular weight is 448 g/mol. The second-order valence-corrected chi connectivity index (χ2v) is 8.90. The summed E-state index contributed by atoms with van der Waals surface area (Å²) >= 11 is 6.33. The lowest BCUT2D eigenvalue weighted by atomic mass is 10.1. The minimum atomic E-state index is -0.347. The summed E-state index contributed by atoms with van der Waals surface area (Å²) in [5, 5.41) is 0.382. The first-order valence-electron chi connectivity index (χ1n) is 10.7. The van der Waals surface area contributed by atoms with Crippen LogP contribution in [0.1, 0.15) is 34.9 Å². The van der Waals surface area contributed by atoms with Crippen molar-refractivity contribution in [3.63, 3.8) is 0 Å². The van der Waals surface area contributed by atoms with Crippen LogP contribution in [-0.4, -0.2) is 22.0 Å². The van der Waals surface area contributed by atoms with Gasteiger partial charge in [0.1, 0.15) is 11.6 Å². The molecular weight excluding hydrogens is 425 g/mol. The monoisotopic (exact) mass is 447 g/mol. The average Bonchev–Trinajstić information content (AvgIpc) is 3.30. The Morgan fingerprint density at radius 1 is 1.06 bits per heavy atom. The fraction of sp³-hybridized carbons (Fsp3) is 0.231. The molecule has 0 radical (unpaired) electrons. The first kappa shape index (κ1) is 20.7. The summed E-state index contributed by atoms with van der Waals surface area (Å²) in [7, 11) is 0. The van der Waals surface area contributed by atoms with Crippen LogP contribution in [0.4, 0.5) is 10.1 Å². The molecule has 4 nitrogen and oxygen atoms in total. The van der Waals surface area contributed by atoms with Gasteiger partial charge in [-0.3, -0.25) is 4.79 Å². The van der Waals surface area contributed by atoms with E-state index in [2.05, 4.69) is 6.07 Å². The van der Waals surface area contributed by atoms with E-state index in [0.29, 0.717) is 23.6 Å². The Hall–Kier alpha value is -3.18. The molecule has 0 unspecified atom stereocenters. The van der Waals surface area contributed by atoms with Gasteiger partial charge in [0, 0.05) is 35.2 Å². The highest BCUT2D eigenvalue weighted by Crippen LogP contribution is 2.35. The van der Waals surface area contributed by atoms with Crippen LogP contribution in [0.25, 0.3) is 11.0 Å². The van der Waals surface area contributed by atoms with Crippen molar-refractivity contribution in [1.29, 1.82) is 0 Å². The van der Waals surface area contributed by atoms with Crippen molar-refractivity contribution in [2.45, 2.75) is 32.7 Å². The molecule has 4 aromatic rings. The highest BCUT2D eigenvalue weighted by Gasteiger charge is 2.35. The number of carbonyl (C=O) groups is 1. The Morgan fingerprint density at radius 3 is 2.56 bits per heavy atom. The number of nitrogens with zero attached hydrogens (tertiary/aromatic N) is 3. The molecule has 1 aromatic heterocycles. The number of amides is 1. The Labute approximate surface area is 191 Å². The number of aromatic nitrogens is 2. The maximum absolute atomic E-state index is 14.6. The predicted octanol–water partition coefficient (Wildman–Crippen LogP) is 6.01. The van der Waals surface area contributed by atoms with Crippen molar-refractivity contribution >= 4 is 34.2 Å². The molecule has 32 heavy (non-hydrogen) atoms. The van der Waals surface area contributed by atoms with Gasteiger partial charge in [0.25, 0.3) is 0 Å². The summed E-state index contributed by atoms with van der Waals surface area (Å²) in [6, 6.07) is 18.7. The Bertz CT molecular complexity index is 1310. The zero-order chi connectivity index (χ0) is 22.4. The van der Waals surface area contributed by atoms with Crippen molar-refractivity contribution in [1.82, 2.24) is 9.55 Å². The second-order valence-electron chi connectivity index (χ2n) is 8.50. The van der Waals surface area contributed by atoms with Gasteiger partial charge in [-0.05, 0) is 61.4 Å². The summed E-state index contributed by atoms with van der Waals surface area (Å²) in [6.45, 7) is 4.86. The molecule has 2 heterocycles. The zero-order valence-corrected chi connectivity index (χ0v) is 18.7. The Kier molecular flexibility index (Phi) is 5.22. The summed E-state index contributed by atoms with van der Waals surface area (Å²) < 4.78 is 16.6. The van der Waals surface area contributed by atoms with Gasteiger partial charge < -0.3 is 9.47 Å². The number of halogens is 2. The van der Waals surface area contributed by atoms with Crippen LogP contribution in [0.15, 0.2) is 60.7 Å². The number of fused-ring (bicyclic) bond motifs is 1. The molecule has 5 rings (SSSR count). The lowest BCUT2D eigenvalue weighted by Gasteiger charge is -2.19. The quantitative estimate of drug-likeness (QED) is 0.384. The highest BCUT2D eigenvalue weighted by molar-refractivity contribution is 6.31. The first-order chi connectivity index (χ1) is 15.4. The van der Waals surface area contributed by atoms with Crippen LogP contribution < -0.4 is 4.90 Å². The van der Waals surface area contributed by atoms with Crippen LogP contribution in [0.2, 0.25) is 5.02 Å². The maximum Gasteiger partial charge on any atom is 0.227 e. The summed E-state index contributed by atoms with van der Waals surface area (Å²) in [5.41, 5.74) is 5.31. The van der Waals surface area contributed by atoms with E-state index in [9.17, 15) is 9.18 Å². The van der Waals surface area contributed by atoms with Gasteiger partial charge in [-0.15, -0.1) is 0 Å². The van der Waals surface area contributed by atoms with Gasteiger partial charge in [0.15, 0.2) is 0 Å². The van der Waals surface area contributed by atoms with Gasteiger partial charge in [-0.25, -0.2) is 9.37 Å². The third-order valence-electron chi connectivity index (χ3n) is 6.07. The molecule has 0 aliphatic carbocycles. The number of anilines is 1. The number of aryl methyl sites for hydroxylation is 2. The molecule has 0 bridgehead atoms. The van der Waals surface area contributed by atoms with E-state index < -0.39 is 0 Å². The van der Waals surface area contributed by atoms with E-state index in [1.807, 2.05) is 59.7 Å². The van der Waals surface area contributed by atoms with Crippen LogP contribution in [-0.2, 0) is 11.3 Å².